The van der Waals surface area contributed by atoms with Gasteiger partial charge in [0.2, 0.25) is 0 Å². The topological polar surface area (TPSA) is 75.3 Å². The minimum atomic E-state index is -0.577. The fourth-order valence-electron chi connectivity index (χ4n) is 2.40. The van der Waals surface area contributed by atoms with E-state index in [0.717, 1.165) is 0 Å². The number of hydrogen-bond acceptors (Lipinski definition) is 4. The molecule has 3 aromatic rings. The molecule has 0 unspecified atom stereocenters. The summed E-state index contributed by atoms with van der Waals surface area (Å²) in [5, 5.41) is 11.9. The van der Waals surface area contributed by atoms with E-state index in [4.69, 9.17) is 9.15 Å². The molecule has 1 heterocycles. The van der Waals surface area contributed by atoms with Gasteiger partial charge in [-0.3, -0.25) is 4.79 Å². The Morgan fingerprint density at radius 2 is 1.89 bits per heavy atom. The Balaban J connectivity index is 1.79. The van der Waals surface area contributed by atoms with E-state index in [0.29, 0.717) is 22.8 Å². The van der Waals surface area contributed by atoms with Crippen LogP contribution in [0.2, 0.25) is 0 Å². The molecule has 0 bridgehead atoms. The van der Waals surface area contributed by atoms with Crippen LogP contribution in [-0.4, -0.2) is 13.0 Å². The van der Waals surface area contributed by atoms with Crippen molar-refractivity contribution in [2.45, 2.75) is 0 Å². The van der Waals surface area contributed by atoms with E-state index in [-0.39, 0.29) is 11.3 Å². The molecule has 5 nitrogen and oxygen atoms in total. The van der Waals surface area contributed by atoms with Gasteiger partial charge in [-0.15, -0.1) is 0 Å². The molecule has 0 saturated carbocycles. The first-order valence-electron chi connectivity index (χ1n) is 8.02. The van der Waals surface area contributed by atoms with Gasteiger partial charge in [0.15, 0.2) is 0 Å². The zero-order valence-electron chi connectivity index (χ0n) is 14.4. The normalized spacial score (nSPS) is 10.9. The van der Waals surface area contributed by atoms with Crippen LogP contribution in [0.25, 0.3) is 17.4 Å². The molecule has 1 N–H and O–H groups in total. The number of amides is 1. The van der Waals surface area contributed by atoms with Gasteiger partial charge in [-0.1, -0.05) is 12.1 Å². The van der Waals surface area contributed by atoms with E-state index < -0.39 is 11.7 Å². The lowest BCUT2D eigenvalue weighted by molar-refractivity contribution is -0.112. The Bertz CT molecular complexity index is 1030. The predicted molar refractivity (Wildman–Crippen MR) is 99.3 cm³/mol. The van der Waals surface area contributed by atoms with Gasteiger partial charge in [0, 0.05) is 11.8 Å². The number of rotatable bonds is 5. The molecule has 0 saturated heterocycles. The Kier molecular flexibility index (Phi) is 5.33. The molecule has 27 heavy (non-hydrogen) atoms. The number of hydrogen-bond donors (Lipinski definition) is 1. The van der Waals surface area contributed by atoms with Crippen LogP contribution < -0.4 is 10.1 Å². The number of benzene rings is 2. The average molecular weight is 362 g/mol. The van der Waals surface area contributed by atoms with E-state index in [1.807, 2.05) is 6.07 Å². The van der Waals surface area contributed by atoms with Gasteiger partial charge in [-0.25, -0.2) is 4.39 Å². The van der Waals surface area contributed by atoms with Crippen LogP contribution in [0.4, 0.5) is 10.1 Å². The van der Waals surface area contributed by atoms with Crippen LogP contribution in [0.3, 0.4) is 0 Å². The molecule has 0 aliphatic heterocycles. The van der Waals surface area contributed by atoms with E-state index in [2.05, 4.69) is 5.32 Å². The lowest BCUT2D eigenvalue weighted by Crippen LogP contribution is -2.13. The third-order valence-corrected chi connectivity index (χ3v) is 3.77. The molecule has 0 radical (unpaired) electrons. The van der Waals surface area contributed by atoms with Crippen molar-refractivity contribution in [3.05, 3.63) is 77.8 Å². The fraction of sp³-hybridized carbons (Fsp3) is 0.0476. The highest BCUT2D eigenvalue weighted by molar-refractivity contribution is 6.09. The number of ether oxygens (including phenoxy) is 1. The molecule has 0 aliphatic carbocycles. The van der Waals surface area contributed by atoms with Gasteiger partial charge in [0.05, 0.1) is 12.7 Å². The van der Waals surface area contributed by atoms with Crippen molar-refractivity contribution in [1.29, 1.82) is 5.26 Å². The summed E-state index contributed by atoms with van der Waals surface area (Å²) >= 11 is 0. The van der Waals surface area contributed by atoms with Crippen molar-refractivity contribution in [2.75, 3.05) is 12.4 Å². The quantitative estimate of drug-likeness (QED) is 0.530. The molecule has 0 fully saturated rings. The summed E-state index contributed by atoms with van der Waals surface area (Å²) < 4.78 is 24.4. The predicted octanol–water partition coefficient (Wildman–Crippen LogP) is 4.64. The number of nitriles is 1. The van der Waals surface area contributed by atoms with E-state index in [9.17, 15) is 14.4 Å². The van der Waals surface area contributed by atoms with Gasteiger partial charge >= 0.3 is 0 Å². The van der Waals surface area contributed by atoms with Crippen LogP contribution in [-0.2, 0) is 4.79 Å². The van der Waals surface area contributed by atoms with Crippen molar-refractivity contribution in [1.82, 2.24) is 0 Å². The molecular weight excluding hydrogens is 347 g/mol. The van der Waals surface area contributed by atoms with Crippen molar-refractivity contribution < 1.29 is 18.3 Å². The lowest BCUT2D eigenvalue weighted by atomic mass is 10.1. The number of carbonyl (C=O) groups is 1. The summed E-state index contributed by atoms with van der Waals surface area (Å²) in [4.78, 5) is 12.3. The van der Waals surface area contributed by atoms with Gasteiger partial charge in [0.25, 0.3) is 5.91 Å². The van der Waals surface area contributed by atoms with E-state index >= 15 is 0 Å². The van der Waals surface area contributed by atoms with Gasteiger partial charge in [0.1, 0.15) is 34.7 Å². The van der Waals surface area contributed by atoms with Crippen molar-refractivity contribution in [3.8, 4) is 23.1 Å². The molecule has 0 aliphatic rings. The van der Waals surface area contributed by atoms with Crippen LogP contribution >= 0.6 is 0 Å². The van der Waals surface area contributed by atoms with Crippen molar-refractivity contribution >= 4 is 17.7 Å². The number of carbonyl (C=O) groups excluding carboxylic acids is 1. The molecule has 0 atom stereocenters. The largest absolute Gasteiger partial charge is 0.497 e. The maximum atomic E-state index is 13.8. The first-order chi connectivity index (χ1) is 13.1. The maximum Gasteiger partial charge on any atom is 0.266 e. The van der Waals surface area contributed by atoms with Gasteiger partial charge in [-0.05, 0) is 48.5 Å². The zero-order chi connectivity index (χ0) is 19.2. The first kappa shape index (κ1) is 18.0. The van der Waals surface area contributed by atoms with Crippen LogP contribution in [0, 0.1) is 17.1 Å². The number of furan rings is 1. The minimum Gasteiger partial charge on any atom is -0.497 e. The first-order valence-corrected chi connectivity index (χ1v) is 8.02. The van der Waals surface area contributed by atoms with E-state index in [1.54, 1.807) is 61.7 Å². The van der Waals surface area contributed by atoms with Crippen LogP contribution in [0.15, 0.2) is 70.7 Å². The average Bonchev–Trinajstić information content (AvgIpc) is 3.15. The zero-order valence-corrected chi connectivity index (χ0v) is 14.4. The van der Waals surface area contributed by atoms with Crippen molar-refractivity contribution in [3.63, 3.8) is 0 Å². The lowest BCUT2D eigenvalue weighted by Gasteiger charge is -2.05. The van der Waals surface area contributed by atoms with Gasteiger partial charge in [-0.2, -0.15) is 5.26 Å². The summed E-state index contributed by atoms with van der Waals surface area (Å²) in [5.74, 6) is 0.244. The molecule has 3 rings (SSSR count). The number of halogens is 1. The minimum absolute atomic E-state index is 0.139. The second-order valence-electron chi connectivity index (χ2n) is 5.53. The highest BCUT2D eigenvalue weighted by Crippen LogP contribution is 2.26. The molecule has 1 amide bonds. The SMILES string of the molecule is COc1ccc(NC(=O)/C(C#N)=C/c2ccc(-c3ccccc3F)o2)cc1. The highest BCUT2D eigenvalue weighted by Gasteiger charge is 2.13. The number of methoxy groups -OCH3 is 1. The Hall–Kier alpha value is -3.85. The maximum absolute atomic E-state index is 13.8. The van der Waals surface area contributed by atoms with Crippen LogP contribution in [0.5, 0.6) is 5.75 Å². The third kappa shape index (κ3) is 4.22. The van der Waals surface area contributed by atoms with Crippen molar-refractivity contribution in [2.24, 2.45) is 0 Å². The molecule has 6 heteroatoms. The summed E-state index contributed by atoms with van der Waals surface area (Å²) in [5.41, 5.74) is 0.687. The molecule has 2 aromatic carbocycles. The van der Waals surface area contributed by atoms with E-state index in [1.165, 1.54) is 12.1 Å². The Labute approximate surface area is 155 Å². The summed E-state index contributed by atoms with van der Waals surface area (Å²) in [7, 11) is 1.54. The summed E-state index contributed by atoms with van der Waals surface area (Å²) in [6.45, 7) is 0. The van der Waals surface area contributed by atoms with Gasteiger partial charge < -0.3 is 14.5 Å². The number of nitrogens with zero attached hydrogens (tertiary/aromatic N) is 1. The molecule has 134 valence electrons. The fourth-order valence-corrected chi connectivity index (χ4v) is 2.40. The van der Waals surface area contributed by atoms with Crippen LogP contribution in [0.1, 0.15) is 5.76 Å². The second kappa shape index (κ2) is 8.02. The molecule has 0 spiro atoms. The standard InChI is InChI=1S/C21H15FN2O3/c1-26-16-8-6-15(7-9-16)24-21(25)14(13-23)12-17-10-11-20(27-17)18-4-2-3-5-19(18)22/h2-12H,1H3,(H,24,25)/b14-12+. The Morgan fingerprint density at radius 3 is 2.56 bits per heavy atom. The molecular formula is C21H15FN2O3. The Morgan fingerprint density at radius 1 is 1.15 bits per heavy atom. The summed E-state index contributed by atoms with van der Waals surface area (Å²) in [6.07, 6.45) is 1.31. The monoisotopic (exact) mass is 362 g/mol. The smallest absolute Gasteiger partial charge is 0.266 e. The number of nitrogens with one attached hydrogen (secondary N) is 1. The number of anilines is 1. The summed E-state index contributed by atoms with van der Waals surface area (Å²) in [6, 6.07) is 17.9. The molecule has 1 aromatic heterocycles. The third-order valence-electron chi connectivity index (χ3n) is 3.77. The highest BCUT2D eigenvalue weighted by atomic mass is 19.1. The second-order valence-corrected chi connectivity index (χ2v) is 5.53.